The molecule has 6 heteroatoms. The van der Waals surface area contributed by atoms with Crippen LogP contribution in [-0.4, -0.2) is 10.9 Å². The van der Waals surface area contributed by atoms with Crippen LogP contribution < -0.4 is 5.32 Å². The van der Waals surface area contributed by atoms with Crippen LogP contribution in [0.4, 0.5) is 5.69 Å². The molecule has 4 aromatic rings. The number of rotatable bonds is 3. The van der Waals surface area contributed by atoms with Gasteiger partial charge < -0.3 is 9.73 Å². The molecule has 1 amide bonds. The smallest absolute Gasteiger partial charge is 0.256 e. The summed E-state index contributed by atoms with van der Waals surface area (Å²) < 4.78 is 6.86. The van der Waals surface area contributed by atoms with Gasteiger partial charge in [0.25, 0.3) is 5.91 Å². The average molecular weight is 503 g/mol. The first-order valence-electron chi connectivity index (χ1n) is 8.66. The lowest BCUT2D eigenvalue weighted by Gasteiger charge is -2.08. The fourth-order valence-corrected chi connectivity index (χ4v) is 3.93. The molecule has 1 N–H and O–H groups in total. The molecule has 4 rings (SSSR count). The summed E-state index contributed by atoms with van der Waals surface area (Å²) in [4.78, 5) is 17.2. The maximum absolute atomic E-state index is 12.6. The summed E-state index contributed by atoms with van der Waals surface area (Å²) in [7, 11) is 0. The first kappa shape index (κ1) is 19.0. The number of anilines is 1. The van der Waals surface area contributed by atoms with Crippen LogP contribution in [0.3, 0.4) is 0 Å². The van der Waals surface area contributed by atoms with Crippen molar-refractivity contribution in [2.45, 2.75) is 13.8 Å². The molecule has 0 spiro atoms. The normalized spacial score (nSPS) is 11.0. The zero-order chi connectivity index (χ0) is 19.8. The van der Waals surface area contributed by atoms with E-state index >= 15 is 0 Å². The van der Waals surface area contributed by atoms with Crippen LogP contribution in [0, 0.1) is 17.4 Å². The zero-order valence-corrected chi connectivity index (χ0v) is 18.1. The highest BCUT2D eigenvalue weighted by Gasteiger charge is 2.16. The van der Waals surface area contributed by atoms with Gasteiger partial charge in [-0.3, -0.25) is 4.79 Å². The first-order valence-corrected chi connectivity index (χ1v) is 10.1. The Kier molecular flexibility index (Phi) is 5.12. The van der Waals surface area contributed by atoms with E-state index in [0.29, 0.717) is 27.7 Å². The van der Waals surface area contributed by atoms with Crippen molar-refractivity contribution < 1.29 is 9.21 Å². The van der Waals surface area contributed by atoms with Crippen molar-refractivity contribution >= 4 is 56.9 Å². The van der Waals surface area contributed by atoms with Crippen molar-refractivity contribution in [2.24, 2.45) is 0 Å². The predicted molar refractivity (Wildman–Crippen MR) is 121 cm³/mol. The Morgan fingerprint density at radius 3 is 2.68 bits per heavy atom. The Balaban J connectivity index is 1.71. The zero-order valence-electron chi connectivity index (χ0n) is 15.2. The number of hydrogen-bond donors (Lipinski definition) is 1. The number of aromatic nitrogens is 1. The lowest BCUT2D eigenvalue weighted by molar-refractivity contribution is 0.102. The van der Waals surface area contributed by atoms with Crippen molar-refractivity contribution in [3.8, 4) is 11.5 Å². The topological polar surface area (TPSA) is 55.1 Å². The highest BCUT2D eigenvalue weighted by atomic mass is 127. The average Bonchev–Trinajstić information content (AvgIpc) is 3.07. The quantitative estimate of drug-likeness (QED) is 0.320. The predicted octanol–water partition coefficient (Wildman–Crippen LogP) is 6.62. The maximum Gasteiger partial charge on any atom is 0.256 e. The molecule has 0 aliphatic carbocycles. The summed E-state index contributed by atoms with van der Waals surface area (Å²) in [5.74, 6) is 0.251. The van der Waals surface area contributed by atoms with Gasteiger partial charge in [0.2, 0.25) is 5.89 Å². The van der Waals surface area contributed by atoms with E-state index in [9.17, 15) is 4.79 Å². The summed E-state index contributed by atoms with van der Waals surface area (Å²) in [6, 6.07) is 16.7. The number of benzene rings is 3. The molecule has 1 heterocycles. The minimum absolute atomic E-state index is 0.178. The minimum Gasteiger partial charge on any atom is -0.436 e. The van der Waals surface area contributed by atoms with Gasteiger partial charge in [0, 0.05) is 9.26 Å². The fourth-order valence-electron chi connectivity index (χ4n) is 3.10. The molecule has 0 saturated carbocycles. The number of halogens is 2. The highest BCUT2D eigenvalue weighted by molar-refractivity contribution is 14.1. The van der Waals surface area contributed by atoms with E-state index in [1.54, 1.807) is 24.3 Å². The number of hydrogen-bond acceptors (Lipinski definition) is 3. The Labute approximate surface area is 181 Å². The molecule has 0 radical (unpaired) electrons. The highest BCUT2D eigenvalue weighted by Crippen LogP contribution is 2.33. The van der Waals surface area contributed by atoms with Crippen LogP contribution in [-0.2, 0) is 0 Å². The molecule has 3 aromatic carbocycles. The Morgan fingerprint density at radius 1 is 1.11 bits per heavy atom. The van der Waals surface area contributed by atoms with Crippen LogP contribution in [0.25, 0.3) is 22.6 Å². The van der Waals surface area contributed by atoms with Gasteiger partial charge in [-0.1, -0.05) is 29.8 Å². The van der Waals surface area contributed by atoms with Gasteiger partial charge >= 0.3 is 0 Å². The van der Waals surface area contributed by atoms with Crippen molar-refractivity contribution in [1.29, 1.82) is 0 Å². The number of aryl methyl sites for hydroxylation is 2. The van der Waals surface area contributed by atoms with Crippen molar-refractivity contribution in [3.05, 3.63) is 79.9 Å². The third-order valence-electron chi connectivity index (χ3n) is 4.39. The lowest BCUT2D eigenvalue weighted by Crippen LogP contribution is -2.13. The number of nitrogens with one attached hydrogen (secondary N) is 1. The molecule has 0 aliphatic heterocycles. The van der Waals surface area contributed by atoms with Gasteiger partial charge in [0.1, 0.15) is 5.52 Å². The second kappa shape index (κ2) is 7.56. The SMILES string of the molecule is Cc1cc(C)c2oc(-c3cc(NC(=O)c4ccccc4I)ccc3Cl)nc2c1. The van der Waals surface area contributed by atoms with Gasteiger partial charge in [-0.25, -0.2) is 4.98 Å². The van der Waals surface area contributed by atoms with E-state index < -0.39 is 0 Å². The van der Waals surface area contributed by atoms with E-state index in [4.69, 9.17) is 16.0 Å². The minimum atomic E-state index is -0.178. The van der Waals surface area contributed by atoms with Crippen LogP contribution in [0.15, 0.2) is 59.0 Å². The van der Waals surface area contributed by atoms with Crippen molar-refractivity contribution in [2.75, 3.05) is 5.32 Å². The van der Waals surface area contributed by atoms with Crippen LogP contribution >= 0.6 is 34.2 Å². The van der Waals surface area contributed by atoms with E-state index in [2.05, 4.69) is 39.0 Å². The monoisotopic (exact) mass is 502 g/mol. The van der Waals surface area contributed by atoms with Gasteiger partial charge in [0.05, 0.1) is 16.1 Å². The van der Waals surface area contributed by atoms with Crippen molar-refractivity contribution in [3.63, 3.8) is 0 Å². The molecule has 140 valence electrons. The molecular formula is C22H16ClIN2O2. The Bertz CT molecular complexity index is 1220. The molecule has 0 saturated heterocycles. The number of fused-ring (bicyclic) bond motifs is 1. The van der Waals surface area contributed by atoms with E-state index in [-0.39, 0.29) is 5.91 Å². The number of amides is 1. The summed E-state index contributed by atoms with van der Waals surface area (Å²) >= 11 is 8.54. The second-order valence-electron chi connectivity index (χ2n) is 6.58. The molecule has 0 atom stereocenters. The summed E-state index contributed by atoms with van der Waals surface area (Å²) in [5, 5.41) is 3.43. The molecule has 28 heavy (non-hydrogen) atoms. The molecule has 0 bridgehead atoms. The molecule has 0 unspecified atom stereocenters. The fraction of sp³-hybridized carbons (Fsp3) is 0.0909. The maximum atomic E-state index is 12.6. The van der Waals surface area contributed by atoms with Crippen molar-refractivity contribution in [1.82, 2.24) is 4.98 Å². The Hall–Kier alpha value is -2.38. The number of carbonyl (C=O) groups excluding carboxylic acids is 1. The molecule has 4 nitrogen and oxygen atoms in total. The first-order chi connectivity index (χ1) is 13.4. The van der Waals surface area contributed by atoms with E-state index in [0.717, 1.165) is 25.8 Å². The van der Waals surface area contributed by atoms with Crippen LogP contribution in [0.2, 0.25) is 5.02 Å². The number of nitrogens with zero attached hydrogens (tertiary/aromatic N) is 1. The third-order valence-corrected chi connectivity index (χ3v) is 5.66. The molecule has 1 aromatic heterocycles. The van der Waals surface area contributed by atoms with Crippen LogP contribution in [0.1, 0.15) is 21.5 Å². The summed E-state index contributed by atoms with van der Waals surface area (Å²) in [6.45, 7) is 4.01. The number of oxazole rings is 1. The van der Waals surface area contributed by atoms with E-state index in [1.807, 2.05) is 38.1 Å². The molecule has 0 aliphatic rings. The molecule has 0 fully saturated rings. The summed E-state index contributed by atoms with van der Waals surface area (Å²) in [6.07, 6.45) is 0. The molecular weight excluding hydrogens is 487 g/mol. The van der Waals surface area contributed by atoms with E-state index in [1.165, 1.54) is 0 Å². The van der Waals surface area contributed by atoms with Crippen LogP contribution in [0.5, 0.6) is 0 Å². The number of carbonyl (C=O) groups is 1. The standard InChI is InChI=1S/C22H16ClIN2O2/c1-12-9-13(2)20-19(10-12)26-22(28-20)16-11-14(7-8-17(16)23)25-21(27)15-5-3-4-6-18(15)24/h3-11H,1-2H3,(H,25,27). The lowest BCUT2D eigenvalue weighted by atomic mass is 10.1. The van der Waals surface area contributed by atoms with Gasteiger partial charge in [-0.2, -0.15) is 0 Å². The third kappa shape index (κ3) is 3.64. The van der Waals surface area contributed by atoms with Gasteiger partial charge in [-0.05, 0) is 84.0 Å². The summed E-state index contributed by atoms with van der Waals surface area (Å²) in [5.41, 5.74) is 5.55. The largest absolute Gasteiger partial charge is 0.436 e. The Morgan fingerprint density at radius 2 is 1.89 bits per heavy atom. The van der Waals surface area contributed by atoms with Gasteiger partial charge in [-0.15, -0.1) is 0 Å². The second-order valence-corrected chi connectivity index (χ2v) is 8.15. The van der Waals surface area contributed by atoms with Gasteiger partial charge in [0.15, 0.2) is 5.58 Å².